The summed E-state index contributed by atoms with van der Waals surface area (Å²) in [6.45, 7) is 0. The molecule has 5 rings (SSSR count). The van der Waals surface area contributed by atoms with Crippen molar-refractivity contribution in [2.75, 3.05) is 5.73 Å². The molecule has 1 aromatic carbocycles. The van der Waals surface area contributed by atoms with E-state index in [1.807, 2.05) is 30.3 Å². The molecule has 3 heterocycles. The maximum atomic E-state index is 10.3. The highest BCUT2D eigenvalue weighted by atomic mass is 32.1. The number of nitrogens with zero attached hydrogens (tertiary/aromatic N) is 3. The van der Waals surface area contributed by atoms with Crippen LogP contribution >= 0.6 is 11.3 Å². The number of benzene rings is 1. The van der Waals surface area contributed by atoms with Crippen molar-refractivity contribution in [1.29, 1.82) is 0 Å². The number of ether oxygens (including phenoxy) is 1. The number of hydrogen-bond donors (Lipinski definition) is 2. The standard InChI is InChI=1S/C24H24N4O2S/c25-23-8-5-16(13-27-23)18-14-26-10-9-21(18)30-17-6-7-19-22(12-17)31-24(28-19)11-15-3-1-2-4-20(15)29/h5-10,12-15,20,29H,1-4,11H2,(H2,25,27)/t15-,20+/m0/s1. The van der Waals surface area contributed by atoms with Crippen LogP contribution in [0, 0.1) is 5.92 Å². The largest absolute Gasteiger partial charge is 0.457 e. The minimum Gasteiger partial charge on any atom is -0.457 e. The Morgan fingerprint density at radius 1 is 1.10 bits per heavy atom. The summed E-state index contributed by atoms with van der Waals surface area (Å²) >= 11 is 1.68. The van der Waals surface area contributed by atoms with Crippen molar-refractivity contribution in [3.8, 4) is 22.6 Å². The summed E-state index contributed by atoms with van der Waals surface area (Å²) in [5, 5.41) is 11.4. The molecule has 1 aliphatic carbocycles. The van der Waals surface area contributed by atoms with Gasteiger partial charge in [-0.3, -0.25) is 4.98 Å². The third-order valence-corrected chi connectivity index (χ3v) is 6.86. The molecule has 3 aromatic heterocycles. The molecule has 158 valence electrons. The van der Waals surface area contributed by atoms with Crippen molar-refractivity contribution >= 4 is 27.4 Å². The van der Waals surface area contributed by atoms with Gasteiger partial charge in [0, 0.05) is 42.2 Å². The fourth-order valence-electron chi connectivity index (χ4n) is 4.13. The van der Waals surface area contributed by atoms with E-state index in [9.17, 15) is 5.11 Å². The third-order valence-electron chi connectivity index (χ3n) is 5.82. The van der Waals surface area contributed by atoms with Crippen LogP contribution in [0.15, 0.2) is 55.0 Å². The molecule has 0 unspecified atom stereocenters. The van der Waals surface area contributed by atoms with Gasteiger partial charge in [0.15, 0.2) is 0 Å². The Labute approximate surface area is 184 Å². The second-order valence-corrected chi connectivity index (χ2v) is 9.11. The van der Waals surface area contributed by atoms with Gasteiger partial charge in [0.25, 0.3) is 0 Å². The molecule has 7 heteroatoms. The number of rotatable bonds is 5. The summed E-state index contributed by atoms with van der Waals surface area (Å²) < 4.78 is 7.30. The Morgan fingerprint density at radius 2 is 2.00 bits per heavy atom. The minimum atomic E-state index is -0.201. The van der Waals surface area contributed by atoms with Gasteiger partial charge in [-0.1, -0.05) is 12.8 Å². The topological polar surface area (TPSA) is 94.2 Å². The first kappa shape index (κ1) is 19.9. The van der Waals surface area contributed by atoms with Gasteiger partial charge in [0.2, 0.25) is 0 Å². The highest BCUT2D eigenvalue weighted by molar-refractivity contribution is 7.18. The number of pyridine rings is 2. The van der Waals surface area contributed by atoms with Crippen molar-refractivity contribution in [3.63, 3.8) is 0 Å². The fourth-order valence-corrected chi connectivity index (χ4v) is 5.22. The molecule has 0 aliphatic heterocycles. The monoisotopic (exact) mass is 432 g/mol. The molecule has 0 spiro atoms. The zero-order valence-electron chi connectivity index (χ0n) is 17.1. The Kier molecular flexibility index (Phi) is 5.53. The molecule has 1 saturated carbocycles. The van der Waals surface area contributed by atoms with Gasteiger partial charge >= 0.3 is 0 Å². The SMILES string of the molecule is Nc1ccc(-c2cnccc2Oc2ccc3nc(C[C@@H]4CCCC[C@H]4O)sc3c2)cn1. The van der Waals surface area contributed by atoms with Crippen molar-refractivity contribution in [3.05, 3.63) is 60.0 Å². The number of nitrogen functional groups attached to an aromatic ring is 1. The zero-order valence-corrected chi connectivity index (χ0v) is 17.9. The first-order valence-corrected chi connectivity index (χ1v) is 11.4. The molecule has 1 fully saturated rings. The normalized spacial score (nSPS) is 18.9. The van der Waals surface area contributed by atoms with E-state index in [0.717, 1.165) is 57.8 Å². The molecular formula is C24H24N4O2S. The van der Waals surface area contributed by atoms with E-state index in [2.05, 4.69) is 9.97 Å². The van der Waals surface area contributed by atoms with Gasteiger partial charge < -0.3 is 15.6 Å². The summed E-state index contributed by atoms with van der Waals surface area (Å²) in [6, 6.07) is 11.5. The van der Waals surface area contributed by atoms with E-state index < -0.39 is 0 Å². The molecular weight excluding hydrogens is 408 g/mol. The van der Waals surface area contributed by atoms with E-state index in [4.69, 9.17) is 15.5 Å². The molecule has 0 radical (unpaired) electrons. The first-order valence-electron chi connectivity index (χ1n) is 10.6. The summed E-state index contributed by atoms with van der Waals surface area (Å²) in [5.74, 6) is 2.24. The summed E-state index contributed by atoms with van der Waals surface area (Å²) in [7, 11) is 0. The van der Waals surface area contributed by atoms with Crippen LogP contribution in [0.3, 0.4) is 0 Å². The summed E-state index contributed by atoms with van der Waals surface area (Å²) in [4.78, 5) is 13.2. The van der Waals surface area contributed by atoms with Crippen LogP contribution in [-0.2, 0) is 6.42 Å². The summed E-state index contributed by atoms with van der Waals surface area (Å²) in [6.07, 6.45) is 10.1. The Bertz CT molecular complexity index is 1190. The van der Waals surface area contributed by atoms with E-state index in [-0.39, 0.29) is 6.10 Å². The van der Waals surface area contributed by atoms with E-state index in [0.29, 0.717) is 17.5 Å². The zero-order chi connectivity index (χ0) is 21.2. The molecule has 4 aromatic rings. The number of nitrogens with two attached hydrogens (primary N) is 1. The van der Waals surface area contributed by atoms with Crippen LogP contribution in [0.1, 0.15) is 30.7 Å². The number of aliphatic hydroxyl groups is 1. The second kappa shape index (κ2) is 8.61. The number of thiazole rings is 1. The average Bonchev–Trinajstić information content (AvgIpc) is 3.18. The van der Waals surface area contributed by atoms with Crippen LogP contribution in [0.2, 0.25) is 0 Å². The molecule has 31 heavy (non-hydrogen) atoms. The van der Waals surface area contributed by atoms with E-state index >= 15 is 0 Å². The van der Waals surface area contributed by atoms with Crippen LogP contribution in [-0.4, -0.2) is 26.2 Å². The Morgan fingerprint density at radius 3 is 2.84 bits per heavy atom. The maximum Gasteiger partial charge on any atom is 0.138 e. The van der Waals surface area contributed by atoms with Crippen molar-refractivity contribution < 1.29 is 9.84 Å². The lowest BCUT2D eigenvalue weighted by Gasteiger charge is -2.26. The lowest BCUT2D eigenvalue weighted by Crippen LogP contribution is -2.26. The van der Waals surface area contributed by atoms with Gasteiger partial charge in [-0.05, 0) is 49.1 Å². The lowest BCUT2D eigenvalue weighted by atomic mass is 9.84. The third kappa shape index (κ3) is 4.38. The molecule has 2 atom stereocenters. The number of fused-ring (bicyclic) bond motifs is 1. The predicted octanol–water partition coefficient (Wildman–Crippen LogP) is 5.22. The van der Waals surface area contributed by atoms with Crippen LogP contribution < -0.4 is 10.5 Å². The van der Waals surface area contributed by atoms with Gasteiger partial charge in [0.05, 0.1) is 21.3 Å². The van der Waals surface area contributed by atoms with Gasteiger partial charge in [-0.15, -0.1) is 11.3 Å². The number of hydrogen-bond acceptors (Lipinski definition) is 7. The van der Waals surface area contributed by atoms with Gasteiger partial charge in [0.1, 0.15) is 17.3 Å². The molecule has 0 bridgehead atoms. The van der Waals surface area contributed by atoms with Crippen LogP contribution in [0.25, 0.3) is 21.3 Å². The van der Waals surface area contributed by atoms with Crippen molar-refractivity contribution in [1.82, 2.24) is 15.0 Å². The number of aliphatic hydroxyl groups excluding tert-OH is 1. The Hall–Kier alpha value is -3.03. The quantitative estimate of drug-likeness (QED) is 0.449. The number of anilines is 1. The Balaban J connectivity index is 1.38. The highest BCUT2D eigenvalue weighted by Gasteiger charge is 2.24. The van der Waals surface area contributed by atoms with Gasteiger partial charge in [-0.2, -0.15) is 0 Å². The first-order chi connectivity index (χ1) is 15.2. The fraction of sp³-hybridized carbons (Fsp3) is 0.292. The van der Waals surface area contributed by atoms with Gasteiger partial charge in [-0.25, -0.2) is 9.97 Å². The maximum absolute atomic E-state index is 10.3. The van der Waals surface area contributed by atoms with Crippen LogP contribution in [0.4, 0.5) is 5.82 Å². The highest BCUT2D eigenvalue weighted by Crippen LogP contribution is 2.35. The lowest BCUT2D eigenvalue weighted by molar-refractivity contribution is 0.0700. The van der Waals surface area contributed by atoms with Crippen molar-refractivity contribution in [2.24, 2.45) is 5.92 Å². The predicted molar refractivity (Wildman–Crippen MR) is 123 cm³/mol. The molecule has 0 amide bonds. The number of aromatic nitrogens is 3. The second-order valence-electron chi connectivity index (χ2n) is 8.00. The minimum absolute atomic E-state index is 0.201. The van der Waals surface area contributed by atoms with Crippen LogP contribution in [0.5, 0.6) is 11.5 Å². The summed E-state index contributed by atoms with van der Waals surface area (Å²) in [5.41, 5.74) is 8.43. The smallest absolute Gasteiger partial charge is 0.138 e. The molecule has 1 aliphatic rings. The molecule has 3 N–H and O–H groups in total. The van der Waals surface area contributed by atoms with E-state index in [1.165, 1.54) is 6.42 Å². The van der Waals surface area contributed by atoms with E-state index in [1.54, 1.807) is 36.0 Å². The average molecular weight is 433 g/mol. The van der Waals surface area contributed by atoms with Crippen molar-refractivity contribution in [2.45, 2.75) is 38.2 Å². The molecule has 0 saturated heterocycles. The molecule has 6 nitrogen and oxygen atoms in total.